The van der Waals surface area contributed by atoms with Gasteiger partial charge in [0.15, 0.2) is 0 Å². The van der Waals surface area contributed by atoms with Crippen LogP contribution in [0.1, 0.15) is 18.1 Å². The van der Waals surface area contributed by atoms with Crippen molar-refractivity contribution < 1.29 is 0 Å². The number of hydrogen-bond donors (Lipinski definition) is 0. The van der Waals surface area contributed by atoms with Crippen molar-refractivity contribution in [3.05, 3.63) is 40.5 Å². The highest BCUT2D eigenvalue weighted by molar-refractivity contribution is 6.30. The van der Waals surface area contributed by atoms with E-state index in [0.717, 1.165) is 17.5 Å². The number of fused-ring (bicyclic) bond motifs is 1. The van der Waals surface area contributed by atoms with Gasteiger partial charge in [0.25, 0.3) is 0 Å². The molecule has 2 aromatic rings. The summed E-state index contributed by atoms with van der Waals surface area (Å²) in [5.41, 5.74) is 3.34. The first-order valence-electron chi connectivity index (χ1n) is 4.76. The van der Waals surface area contributed by atoms with E-state index in [1.165, 1.54) is 10.9 Å². The second kappa shape index (κ2) is 3.58. The Labute approximate surface area is 88.7 Å². The second-order valence-electron chi connectivity index (χ2n) is 3.48. The molecule has 1 aromatic heterocycles. The molecule has 0 aliphatic rings. The van der Waals surface area contributed by atoms with Crippen LogP contribution in [0.3, 0.4) is 0 Å². The van der Waals surface area contributed by atoms with E-state index in [9.17, 15) is 0 Å². The van der Waals surface area contributed by atoms with E-state index in [0.29, 0.717) is 5.15 Å². The second-order valence-corrected chi connectivity index (χ2v) is 3.83. The van der Waals surface area contributed by atoms with Crippen molar-refractivity contribution in [2.75, 3.05) is 0 Å². The van der Waals surface area contributed by atoms with Gasteiger partial charge in [-0.05, 0) is 42.7 Å². The summed E-state index contributed by atoms with van der Waals surface area (Å²) in [5.74, 6) is 0. The van der Waals surface area contributed by atoms with E-state index < -0.39 is 0 Å². The summed E-state index contributed by atoms with van der Waals surface area (Å²) in [4.78, 5) is 4.32. The smallest absolute Gasteiger partial charge is 0.132 e. The number of benzene rings is 1. The zero-order chi connectivity index (χ0) is 10.1. The molecule has 0 aliphatic carbocycles. The van der Waals surface area contributed by atoms with Gasteiger partial charge in [-0.15, -0.1) is 0 Å². The topological polar surface area (TPSA) is 12.9 Å². The molecule has 2 rings (SSSR count). The molecule has 2 heteroatoms. The fourth-order valence-corrected chi connectivity index (χ4v) is 1.67. The molecule has 0 bridgehead atoms. The maximum atomic E-state index is 5.95. The van der Waals surface area contributed by atoms with Crippen LogP contribution in [0.4, 0.5) is 0 Å². The Kier molecular flexibility index (Phi) is 2.42. The van der Waals surface area contributed by atoms with Crippen LogP contribution in [0.2, 0.25) is 5.15 Å². The van der Waals surface area contributed by atoms with E-state index in [1.807, 2.05) is 13.0 Å². The lowest BCUT2D eigenvalue weighted by Crippen LogP contribution is -1.86. The Bertz CT molecular complexity index is 477. The molecule has 0 amide bonds. The highest BCUT2D eigenvalue weighted by Crippen LogP contribution is 2.20. The number of pyridine rings is 1. The molecular weight excluding hydrogens is 194 g/mol. The molecule has 0 atom stereocenters. The van der Waals surface area contributed by atoms with Crippen molar-refractivity contribution in [3.8, 4) is 0 Å². The van der Waals surface area contributed by atoms with Crippen molar-refractivity contribution in [2.24, 2.45) is 0 Å². The van der Waals surface area contributed by atoms with Crippen LogP contribution < -0.4 is 0 Å². The van der Waals surface area contributed by atoms with Crippen LogP contribution in [0.15, 0.2) is 24.3 Å². The van der Waals surface area contributed by atoms with E-state index in [4.69, 9.17) is 11.6 Å². The summed E-state index contributed by atoms with van der Waals surface area (Å²) in [6.45, 7) is 4.13. The van der Waals surface area contributed by atoms with Crippen molar-refractivity contribution in [1.82, 2.24) is 4.98 Å². The molecule has 0 saturated heterocycles. The Balaban J connectivity index is 2.70. The molecule has 0 saturated carbocycles. The molecule has 14 heavy (non-hydrogen) atoms. The van der Waals surface area contributed by atoms with Gasteiger partial charge in [-0.3, -0.25) is 0 Å². The quantitative estimate of drug-likeness (QED) is 0.646. The maximum absolute atomic E-state index is 5.95. The van der Waals surface area contributed by atoms with Crippen LogP contribution in [0.5, 0.6) is 0 Å². The first kappa shape index (κ1) is 9.47. The van der Waals surface area contributed by atoms with Gasteiger partial charge in [-0.2, -0.15) is 0 Å². The monoisotopic (exact) mass is 205 g/mol. The van der Waals surface area contributed by atoms with Crippen molar-refractivity contribution >= 4 is 22.5 Å². The molecule has 0 N–H and O–H groups in total. The van der Waals surface area contributed by atoms with Gasteiger partial charge in [0, 0.05) is 5.39 Å². The van der Waals surface area contributed by atoms with Gasteiger partial charge in [0.05, 0.1) is 5.52 Å². The number of hydrogen-bond acceptors (Lipinski definition) is 1. The molecule has 1 nitrogen and oxygen atoms in total. The molecule has 0 unspecified atom stereocenters. The Hall–Kier alpha value is -1.08. The highest BCUT2D eigenvalue weighted by atomic mass is 35.5. The Morgan fingerprint density at radius 1 is 1.29 bits per heavy atom. The third kappa shape index (κ3) is 1.60. The van der Waals surface area contributed by atoms with E-state index in [1.54, 1.807) is 0 Å². The summed E-state index contributed by atoms with van der Waals surface area (Å²) < 4.78 is 0. The van der Waals surface area contributed by atoms with Crippen molar-refractivity contribution in [3.63, 3.8) is 0 Å². The standard InChI is InChI=1S/C12H12ClN/c1-3-9-4-5-11-10(7-9)6-8(2)12(13)14-11/h4-7H,3H2,1-2H3. The molecule has 1 heterocycles. The van der Waals surface area contributed by atoms with Crippen molar-refractivity contribution in [1.29, 1.82) is 0 Å². The number of nitrogens with zero attached hydrogens (tertiary/aromatic N) is 1. The molecule has 0 radical (unpaired) electrons. The normalized spacial score (nSPS) is 10.8. The van der Waals surface area contributed by atoms with Crippen LogP contribution >= 0.6 is 11.6 Å². The molecule has 0 aliphatic heterocycles. The predicted octanol–water partition coefficient (Wildman–Crippen LogP) is 3.76. The number of rotatable bonds is 1. The third-order valence-corrected chi connectivity index (χ3v) is 2.80. The minimum Gasteiger partial charge on any atom is -0.236 e. The average Bonchev–Trinajstić information content (AvgIpc) is 2.19. The summed E-state index contributed by atoms with van der Waals surface area (Å²) in [7, 11) is 0. The molecular formula is C12H12ClN. The average molecular weight is 206 g/mol. The van der Waals surface area contributed by atoms with Gasteiger partial charge in [0.2, 0.25) is 0 Å². The lowest BCUT2D eigenvalue weighted by Gasteiger charge is -2.03. The molecule has 72 valence electrons. The van der Waals surface area contributed by atoms with Gasteiger partial charge in [-0.25, -0.2) is 4.98 Å². The fraction of sp³-hybridized carbons (Fsp3) is 0.250. The van der Waals surface area contributed by atoms with E-state index >= 15 is 0 Å². The molecule has 0 spiro atoms. The molecule has 1 aromatic carbocycles. The summed E-state index contributed by atoms with van der Waals surface area (Å²) in [6.07, 6.45) is 1.05. The van der Waals surface area contributed by atoms with Gasteiger partial charge >= 0.3 is 0 Å². The lowest BCUT2D eigenvalue weighted by molar-refractivity contribution is 1.14. The van der Waals surface area contributed by atoms with Crippen LogP contribution in [-0.4, -0.2) is 4.98 Å². The number of aromatic nitrogens is 1. The predicted molar refractivity (Wildman–Crippen MR) is 60.9 cm³/mol. The fourth-order valence-electron chi connectivity index (χ4n) is 1.53. The van der Waals surface area contributed by atoms with Crippen molar-refractivity contribution in [2.45, 2.75) is 20.3 Å². The van der Waals surface area contributed by atoms with Gasteiger partial charge in [-0.1, -0.05) is 24.6 Å². The third-order valence-electron chi connectivity index (χ3n) is 2.42. The van der Waals surface area contributed by atoms with Crippen LogP contribution in [0, 0.1) is 6.92 Å². The maximum Gasteiger partial charge on any atom is 0.132 e. The zero-order valence-corrected chi connectivity index (χ0v) is 9.10. The van der Waals surface area contributed by atoms with Gasteiger partial charge < -0.3 is 0 Å². The zero-order valence-electron chi connectivity index (χ0n) is 8.34. The minimum atomic E-state index is 0.599. The Morgan fingerprint density at radius 2 is 2.07 bits per heavy atom. The molecule has 0 fully saturated rings. The van der Waals surface area contributed by atoms with Crippen LogP contribution in [0.25, 0.3) is 10.9 Å². The van der Waals surface area contributed by atoms with E-state index in [-0.39, 0.29) is 0 Å². The first-order chi connectivity index (χ1) is 6.70. The lowest BCUT2D eigenvalue weighted by atomic mass is 10.1. The summed E-state index contributed by atoms with van der Waals surface area (Å²) >= 11 is 5.95. The Morgan fingerprint density at radius 3 is 2.79 bits per heavy atom. The SMILES string of the molecule is CCc1ccc2nc(Cl)c(C)cc2c1. The summed E-state index contributed by atoms with van der Waals surface area (Å²) in [6, 6.07) is 8.38. The largest absolute Gasteiger partial charge is 0.236 e. The minimum absolute atomic E-state index is 0.599. The van der Waals surface area contributed by atoms with E-state index in [2.05, 4.69) is 30.1 Å². The number of aryl methyl sites for hydroxylation is 2. The van der Waals surface area contributed by atoms with Crippen LogP contribution in [-0.2, 0) is 6.42 Å². The summed E-state index contributed by atoms with van der Waals surface area (Å²) in [5, 5.41) is 1.77. The van der Waals surface area contributed by atoms with Gasteiger partial charge in [0.1, 0.15) is 5.15 Å². The highest BCUT2D eigenvalue weighted by Gasteiger charge is 2.01. The first-order valence-corrected chi connectivity index (χ1v) is 5.14. The number of halogens is 1.